The second-order valence-electron chi connectivity index (χ2n) is 4.83. The summed E-state index contributed by atoms with van der Waals surface area (Å²) in [4.78, 5) is 0. The van der Waals surface area contributed by atoms with Crippen LogP contribution in [-0.2, 0) is 6.61 Å². The lowest BCUT2D eigenvalue weighted by Gasteiger charge is -2.13. The number of nitrogen functional groups attached to an aromatic ring is 1. The summed E-state index contributed by atoms with van der Waals surface area (Å²) in [5, 5.41) is 3.57. The highest BCUT2D eigenvalue weighted by atomic mass is 19.1. The maximum Gasteiger partial charge on any atom is 0.230 e. The van der Waals surface area contributed by atoms with E-state index in [0.29, 0.717) is 11.3 Å². The van der Waals surface area contributed by atoms with Crippen LogP contribution in [0, 0.1) is 5.82 Å². The summed E-state index contributed by atoms with van der Waals surface area (Å²) in [6.07, 6.45) is 1.34. The molecule has 0 spiro atoms. The highest BCUT2D eigenvalue weighted by Crippen LogP contribution is 2.39. The van der Waals surface area contributed by atoms with Gasteiger partial charge in [-0.3, -0.25) is 0 Å². The van der Waals surface area contributed by atoms with Crippen LogP contribution < -0.4 is 15.2 Å². The third-order valence-corrected chi connectivity index (χ3v) is 3.39. The molecule has 0 atom stereocenters. The predicted octanol–water partition coefficient (Wildman–Crippen LogP) is 3.65. The average Bonchev–Trinajstić information content (AvgIpc) is 3.00. The summed E-state index contributed by atoms with van der Waals surface area (Å²) in [7, 11) is 1.45. The first-order valence-corrected chi connectivity index (χ1v) is 6.94. The molecular weight excluding hydrogens is 299 g/mol. The van der Waals surface area contributed by atoms with Crippen LogP contribution in [0.3, 0.4) is 0 Å². The Kier molecular flexibility index (Phi) is 4.14. The molecule has 2 N–H and O–H groups in total. The van der Waals surface area contributed by atoms with Crippen molar-refractivity contribution in [2.75, 3.05) is 12.8 Å². The van der Waals surface area contributed by atoms with E-state index in [2.05, 4.69) is 5.16 Å². The fourth-order valence-electron chi connectivity index (χ4n) is 2.24. The van der Waals surface area contributed by atoms with E-state index < -0.39 is 5.82 Å². The lowest BCUT2D eigenvalue weighted by molar-refractivity contribution is 0.289. The summed E-state index contributed by atoms with van der Waals surface area (Å²) in [6, 6.07) is 12.6. The second-order valence-corrected chi connectivity index (χ2v) is 4.83. The fourth-order valence-corrected chi connectivity index (χ4v) is 2.24. The molecule has 6 heteroatoms. The Morgan fingerprint density at radius 2 is 1.87 bits per heavy atom. The first-order valence-electron chi connectivity index (χ1n) is 6.94. The van der Waals surface area contributed by atoms with Gasteiger partial charge in [-0.25, -0.2) is 4.39 Å². The first-order chi connectivity index (χ1) is 11.2. The second kappa shape index (κ2) is 6.39. The molecule has 1 heterocycles. The zero-order valence-corrected chi connectivity index (χ0v) is 12.5. The normalized spacial score (nSPS) is 10.5. The quantitative estimate of drug-likeness (QED) is 0.778. The van der Waals surface area contributed by atoms with E-state index in [1.165, 1.54) is 19.4 Å². The number of hydrogen-bond donors (Lipinski definition) is 1. The van der Waals surface area contributed by atoms with Gasteiger partial charge in [-0.2, -0.15) is 0 Å². The molecule has 2 aromatic carbocycles. The van der Waals surface area contributed by atoms with Crippen molar-refractivity contribution in [2.24, 2.45) is 0 Å². The summed E-state index contributed by atoms with van der Waals surface area (Å²) in [5.74, 6) is -0.132. The van der Waals surface area contributed by atoms with Crippen molar-refractivity contribution in [1.29, 1.82) is 0 Å². The van der Waals surface area contributed by atoms with Crippen LogP contribution in [-0.4, -0.2) is 12.3 Å². The van der Waals surface area contributed by atoms with Crippen LogP contribution in [0.25, 0.3) is 11.1 Å². The van der Waals surface area contributed by atoms with Gasteiger partial charge in [0.05, 0.1) is 24.4 Å². The fraction of sp³-hybridized carbons (Fsp3) is 0.118. The molecule has 0 saturated heterocycles. The molecule has 118 valence electrons. The van der Waals surface area contributed by atoms with Crippen LogP contribution in [0.15, 0.2) is 53.2 Å². The highest BCUT2D eigenvalue weighted by molar-refractivity contribution is 5.78. The molecule has 3 rings (SSSR count). The van der Waals surface area contributed by atoms with Crippen molar-refractivity contribution in [3.05, 3.63) is 60.0 Å². The van der Waals surface area contributed by atoms with Gasteiger partial charge in [0.2, 0.25) is 5.88 Å². The molecule has 5 nitrogen and oxygen atoms in total. The number of ether oxygens (including phenoxy) is 2. The number of rotatable bonds is 5. The van der Waals surface area contributed by atoms with Crippen molar-refractivity contribution in [2.45, 2.75) is 6.61 Å². The molecule has 0 bridgehead atoms. The zero-order valence-electron chi connectivity index (χ0n) is 12.5. The number of anilines is 1. The van der Waals surface area contributed by atoms with Crippen molar-refractivity contribution in [3.63, 3.8) is 0 Å². The smallest absolute Gasteiger partial charge is 0.230 e. The van der Waals surface area contributed by atoms with Crippen LogP contribution in [0.5, 0.6) is 11.5 Å². The van der Waals surface area contributed by atoms with Crippen molar-refractivity contribution < 1.29 is 18.4 Å². The van der Waals surface area contributed by atoms with Gasteiger partial charge in [0.25, 0.3) is 0 Å². The number of halogens is 1. The number of nitrogens with two attached hydrogens (primary N) is 1. The van der Waals surface area contributed by atoms with E-state index in [-0.39, 0.29) is 23.8 Å². The topological polar surface area (TPSA) is 70.5 Å². The molecule has 23 heavy (non-hydrogen) atoms. The SMILES string of the molecule is COc1ccc(OCc2ccccc2)c(F)c1-c1cnoc1N. The molecule has 0 fully saturated rings. The third kappa shape index (κ3) is 2.96. The first kappa shape index (κ1) is 14.9. The van der Waals surface area contributed by atoms with Crippen LogP contribution >= 0.6 is 0 Å². The molecule has 0 radical (unpaired) electrons. The molecule has 3 aromatic rings. The molecule has 1 aromatic heterocycles. The van der Waals surface area contributed by atoms with Gasteiger partial charge in [-0.1, -0.05) is 35.5 Å². The van der Waals surface area contributed by atoms with Crippen LogP contribution in [0.2, 0.25) is 0 Å². The van der Waals surface area contributed by atoms with E-state index in [9.17, 15) is 4.39 Å². The Morgan fingerprint density at radius 3 is 2.52 bits per heavy atom. The minimum atomic E-state index is -0.574. The molecule has 0 aliphatic carbocycles. The van der Waals surface area contributed by atoms with Gasteiger partial charge < -0.3 is 19.7 Å². The Morgan fingerprint density at radius 1 is 1.13 bits per heavy atom. The highest BCUT2D eigenvalue weighted by Gasteiger charge is 2.21. The summed E-state index contributed by atoms with van der Waals surface area (Å²) >= 11 is 0. The van der Waals surface area contributed by atoms with E-state index >= 15 is 0 Å². The lowest BCUT2D eigenvalue weighted by Crippen LogP contribution is -2.00. The van der Waals surface area contributed by atoms with Crippen molar-refractivity contribution in [3.8, 4) is 22.6 Å². The molecule has 0 unspecified atom stereocenters. The number of methoxy groups -OCH3 is 1. The Hall–Kier alpha value is -3.02. The maximum absolute atomic E-state index is 14.8. The molecule has 0 amide bonds. The van der Waals surface area contributed by atoms with Gasteiger partial charge >= 0.3 is 0 Å². The third-order valence-electron chi connectivity index (χ3n) is 3.39. The maximum atomic E-state index is 14.8. The minimum absolute atomic E-state index is 0.0161. The summed E-state index contributed by atoms with van der Waals surface area (Å²) in [5.41, 5.74) is 7.11. The van der Waals surface area contributed by atoms with Gasteiger partial charge in [0, 0.05) is 0 Å². The van der Waals surface area contributed by atoms with Gasteiger partial charge in [0.1, 0.15) is 12.4 Å². The van der Waals surface area contributed by atoms with Gasteiger partial charge in [0.15, 0.2) is 11.6 Å². The number of aromatic nitrogens is 1. The van der Waals surface area contributed by atoms with Crippen molar-refractivity contribution >= 4 is 5.88 Å². The molecule has 0 aliphatic rings. The average molecular weight is 314 g/mol. The predicted molar refractivity (Wildman–Crippen MR) is 83.6 cm³/mol. The summed E-state index contributed by atoms with van der Waals surface area (Å²) < 4.78 is 30.4. The van der Waals surface area contributed by atoms with E-state index in [1.807, 2.05) is 30.3 Å². The van der Waals surface area contributed by atoms with Gasteiger partial charge in [-0.05, 0) is 17.7 Å². The Balaban J connectivity index is 1.95. The molecule has 0 aliphatic heterocycles. The van der Waals surface area contributed by atoms with E-state index in [0.717, 1.165) is 5.56 Å². The number of benzene rings is 2. The van der Waals surface area contributed by atoms with E-state index in [4.69, 9.17) is 19.7 Å². The summed E-state index contributed by atoms with van der Waals surface area (Å²) in [6.45, 7) is 0.253. The standard InChI is InChI=1S/C17H15FN2O3/c1-21-13-7-8-14(22-10-11-5-3-2-4-6-11)16(18)15(13)12-9-20-23-17(12)19/h2-9H,10,19H2,1H3. The number of nitrogens with zero attached hydrogens (tertiary/aromatic N) is 1. The monoisotopic (exact) mass is 314 g/mol. The zero-order chi connectivity index (χ0) is 16.2. The van der Waals surface area contributed by atoms with Crippen LogP contribution in [0.1, 0.15) is 5.56 Å². The Bertz CT molecular complexity index is 803. The van der Waals surface area contributed by atoms with Crippen molar-refractivity contribution in [1.82, 2.24) is 5.16 Å². The molecule has 0 saturated carbocycles. The van der Waals surface area contributed by atoms with Crippen LogP contribution in [0.4, 0.5) is 10.3 Å². The molecular formula is C17H15FN2O3. The van der Waals surface area contributed by atoms with Gasteiger partial charge in [-0.15, -0.1) is 0 Å². The largest absolute Gasteiger partial charge is 0.496 e. The Labute approximate surface area is 132 Å². The van der Waals surface area contributed by atoms with E-state index in [1.54, 1.807) is 6.07 Å². The minimum Gasteiger partial charge on any atom is -0.496 e. The lowest BCUT2D eigenvalue weighted by atomic mass is 10.1. The number of hydrogen-bond acceptors (Lipinski definition) is 5.